The number of aromatic nitrogens is 2. The van der Waals surface area contributed by atoms with Crippen molar-refractivity contribution < 1.29 is 0 Å². The molecule has 1 aromatic heterocycles. The van der Waals surface area contributed by atoms with E-state index in [9.17, 15) is 0 Å². The van der Waals surface area contributed by atoms with Crippen molar-refractivity contribution in [2.75, 3.05) is 0 Å². The molecule has 0 atom stereocenters. The maximum atomic E-state index is 6.17. The number of rotatable bonds is 3. The lowest BCUT2D eigenvalue weighted by Crippen LogP contribution is -2.03. The van der Waals surface area contributed by atoms with Crippen molar-refractivity contribution in [1.29, 1.82) is 0 Å². The maximum Gasteiger partial charge on any atom is 0.133 e. The fraction of sp³-hybridized carbons (Fsp3) is 0.286. The Hall–Kier alpha value is -0.900. The number of hydrogen-bond acceptors (Lipinski definition) is 2. The molecule has 0 saturated heterocycles. The van der Waals surface area contributed by atoms with Crippen LogP contribution in [0.25, 0.3) is 0 Å². The van der Waals surface area contributed by atoms with Crippen LogP contribution < -0.4 is 0 Å². The van der Waals surface area contributed by atoms with Crippen LogP contribution >= 0.6 is 35.4 Å². The highest BCUT2D eigenvalue weighted by molar-refractivity contribution is 7.71. The van der Waals surface area contributed by atoms with Crippen molar-refractivity contribution in [1.82, 2.24) is 9.97 Å². The molecule has 2 nitrogen and oxygen atoms in total. The Morgan fingerprint density at radius 1 is 1.21 bits per heavy atom. The zero-order valence-corrected chi connectivity index (χ0v) is 13.1. The van der Waals surface area contributed by atoms with Crippen LogP contribution in [0, 0.1) is 11.6 Å². The molecule has 0 spiro atoms. The van der Waals surface area contributed by atoms with Gasteiger partial charge in [0.05, 0.1) is 0 Å². The van der Waals surface area contributed by atoms with E-state index in [2.05, 4.69) is 16.9 Å². The monoisotopic (exact) mass is 312 g/mol. The Kier molecular flexibility index (Phi) is 4.61. The molecule has 0 radical (unpaired) electrons. The van der Waals surface area contributed by atoms with Gasteiger partial charge in [0, 0.05) is 27.7 Å². The van der Waals surface area contributed by atoms with Crippen LogP contribution in [-0.2, 0) is 12.8 Å². The summed E-state index contributed by atoms with van der Waals surface area (Å²) in [7, 11) is 0. The van der Waals surface area contributed by atoms with Crippen LogP contribution in [0.4, 0.5) is 0 Å². The van der Waals surface area contributed by atoms with E-state index >= 15 is 0 Å². The lowest BCUT2D eigenvalue weighted by molar-refractivity contribution is 0.895. The highest BCUT2D eigenvalue weighted by atomic mass is 35.5. The fourth-order valence-corrected chi connectivity index (χ4v) is 2.98. The molecule has 0 amide bonds. The molecule has 100 valence electrons. The second-order valence-electron chi connectivity index (χ2n) is 4.32. The molecule has 0 unspecified atom stereocenters. The van der Waals surface area contributed by atoms with Gasteiger partial charge in [-0.3, -0.25) is 0 Å². The van der Waals surface area contributed by atoms with Gasteiger partial charge in [-0.15, -0.1) is 0 Å². The first-order valence-corrected chi connectivity index (χ1v) is 7.21. The third-order valence-electron chi connectivity index (χ3n) is 3.04. The minimum Gasteiger partial charge on any atom is -0.347 e. The van der Waals surface area contributed by atoms with Gasteiger partial charge in [-0.2, -0.15) is 0 Å². The quantitative estimate of drug-likeness (QED) is 0.816. The van der Waals surface area contributed by atoms with Gasteiger partial charge in [0.15, 0.2) is 0 Å². The predicted octanol–water partition coefficient (Wildman–Crippen LogP) is 4.91. The molecule has 2 rings (SSSR count). The maximum absolute atomic E-state index is 6.17. The third-order valence-corrected chi connectivity index (χ3v) is 4.08. The van der Waals surface area contributed by atoms with E-state index in [1.165, 1.54) is 0 Å². The Morgan fingerprint density at radius 2 is 1.84 bits per heavy atom. The van der Waals surface area contributed by atoms with Crippen LogP contribution in [0.15, 0.2) is 18.2 Å². The molecular weight excluding hydrogens is 299 g/mol. The summed E-state index contributed by atoms with van der Waals surface area (Å²) in [4.78, 5) is 7.70. The molecule has 2 aromatic rings. The number of aryl methyl sites for hydroxylation is 1. The van der Waals surface area contributed by atoms with Crippen LogP contribution in [0.1, 0.15) is 29.6 Å². The fourth-order valence-electron chi connectivity index (χ4n) is 2.04. The SMILES string of the molecule is CCc1c(C)[nH]c(Cc2c(Cl)cccc2Cl)nc1=S. The smallest absolute Gasteiger partial charge is 0.133 e. The molecule has 0 aliphatic rings. The van der Waals surface area contributed by atoms with Crippen LogP contribution in [0.2, 0.25) is 10.0 Å². The molecule has 0 aliphatic heterocycles. The van der Waals surface area contributed by atoms with Crippen molar-refractivity contribution in [3.63, 3.8) is 0 Å². The van der Waals surface area contributed by atoms with Crippen LogP contribution in [-0.4, -0.2) is 9.97 Å². The van der Waals surface area contributed by atoms with Gasteiger partial charge in [0.25, 0.3) is 0 Å². The summed E-state index contributed by atoms with van der Waals surface area (Å²) in [6, 6.07) is 5.48. The average molecular weight is 313 g/mol. The van der Waals surface area contributed by atoms with Gasteiger partial charge >= 0.3 is 0 Å². The largest absolute Gasteiger partial charge is 0.347 e. The van der Waals surface area contributed by atoms with E-state index < -0.39 is 0 Å². The summed E-state index contributed by atoms with van der Waals surface area (Å²) >= 11 is 17.6. The van der Waals surface area contributed by atoms with E-state index in [0.29, 0.717) is 21.1 Å². The standard InChI is InChI=1S/C14H14Cl2N2S/c1-3-9-8(2)17-13(18-14(9)19)7-10-11(15)5-4-6-12(10)16/h4-6H,3,7H2,1-2H3,(H,17,18,19). The summed E-state index contributed by atoms with van der Waals surface area (Å²) in [5, 5.41) is 1.29. The average Bonchev–Trinajstić information content (AvgIpc) is 2.34. The summed E-state index contributed by atoms with van der Waals surface area (Å²) in [6.07, 6.45) is 1.42. The van der Waals surface area contributed by atoms with Gasteiger partial charge in [0.1, 0.15) is 10.5 Å². The minimum atomic E-state index is 0.549. The Bertz CT molecular complexity index is 645. The van der Waals surface area contributed by atoms with Crippen LogP contribution in [0.3, 0.4) is 0 Å². The summed E-state index contributed by atoms with van der Waals surface area (Å²) < 4.78 is 0.650. The van der Waals surface area contributed by atoms with E-state index in [-0.39, 0.29) is 0 Å². The number of nitrogens with one attached hydrogen (secondary N) is 1. The van der Waals surface area contributed by atoms with Gasteiger partial charge in [-0.05, 0) is 31.0 Å². The predicted molar refractivity (Wildman–Crippen MR) is 82.8 cm³/mol. The number of halogens is 2. The minimum absolute atomic E-state index is 0.549. The molecule has 1 N–H and O–H groups in total. The second-order valence-corrected chi connectivity index (χ2v) is 5.52. The topological polar surface area (TPSA) is 28.7 Å². The molecule has 0 aliphatic carbocycles. The lowest BCUT2D eigenvalue weighted by atomic mass is 10.1. The molecule has 1 heterocycles. The lowest BCUT2D eigenvalue weighted by Gasteiger charge is -2.09. The summed E-state index contributed by atoms with van der Waals surface area (Å²) in [6.45, 7) is 4.08. The van der Waals surface area contributed by atoms with Crippen molar-refractivity contribution in [2.45, 2.75) is 26.7 Å². The summed E-state index contributed by atoms with van der Waals surface area (Å²) in [5.41, 5.74) is 3.01. The molecule has 0 fully saturated rings. The van der Waals surface area contributed by atoms with E-state index in [1.54, 1.807) is 0 Å². The Balaban J connectivity index is 2.42. The zero-order valence-electron chi connectivity index (χ0n) is 10.8. The summed E-state index contributed by atoms with van der Waals surface area (Å²) in [5.74, 6) is 0.787. The second kappa shape index (κ2) is 6.04. The van der Waals surface area contributed by atoms with E-state index in [4.69, 9.17) is 35.4 Å². The first kappa shape index (κ1) is 14.5. The first-order chi connectivity index (χ1) is 9.02. The normalized spacial score (nSPS) is 10.7. The molecule has 19 heavy (non-hydrogen) atoms. The number of benzene rings is 1. The number of nitrogens with zero attached hydrogens (tertiary/aromatic N) is 1. The molecular formula is C14H14Cl2N2S. The highest BCUT2D eigenvalue weighted by Crippen LogP contribution is 2.26. The van der Waals surface area contributed by atoms with Crippen molar-refractivity contribution in [3.05, 3.63) is 55.5 Å². The molecule has 1 aromatic carbocycles. The highest BCUT2D eigenvalue weighted by Gasteiger charge is 2.09. The number of H-pyrrole nitrogens is 1. The first-order valence-electron chi connectivity index (χ1n) is 6.04. The third kappa shape index (κ3) is 3.16. The number of hydrogen-bond donors (Lipinski definition) is 1. The van der Waals surface area contributed by atoms with Gasteiger partial charge < -0.3 is 4.98 Å². The van der Waals surface area contributed by atoms with Crippen molar-refractivity contribution >= 4 is 35.4 Å². The van der Waals surface area contributed by atoms with Crippen molar-refractivity contribution in [3.8, 4) is 0 Å². The van der Waals surface area contributed by atoms with Gasteiger partial charge in [-0.25, -0.2) is 4.98 Å². The Labute approximate surface area is 127 Å². The zero-order chi connectivity index (χ0) is 14.0. The molecule has 0 saturated carbocycles. The van der Waals surface area contributed by atoms with Gasteiger partial charge in [0.2, 0.25) is 0 Å². The van der Waals surface area contributed by atoms with Crippen molar-refractivity contribution in [2.24, 2.45) is 0 Å². The molecule has 5 heteroatoms. The Morgan fingerprint density at radius 3 is 2.37 bits per heavy atom. The van der Waals surface area contributed by atoms with E-state index in [1.807, 2.05) is 25.1 Å². The van der Waals surface area contributed by atoms with E-state index in [0.717, 1.165) is 29.1 Å². The number of aromatic amines is 1. The van der Waals surface area contributed by atoms with Gasteiger partial charge in [-0.1, -0.05) is 48.4 Å². The van der Waals surface area contributed by atoms with Crippen LogP contribution in [0.5, 0.6) is 0 Å². The molecule has 0 bridgehead atoms.